The minimum Gasteiger partial charge on any atom is -0.391 e. The van der Waals surface area contributed by atoms with Crippen LogP contribution in [0.4, 0.5) is 11.5 Å². The van der Waals surface area contributed by atoms with Crippen molar-refractivity contribution in [3.63, 3.8) is 0 Å². The SMILES string of the molecule is Cc1ncsc1-c1ccc(CNC(=O)[C@@H]2C[C@@H](O)CN2C(=O)[C@@H](NC(=O)CCC(=O)CC[C@H](NC(=O)CCCCCNC(=O)C2CCC(CN3C(=O)C=CC3=O)CC2)C(=O)CCc2ccc(-c3cnc(N)c(C(=O)Cc4cnccc4N4CCOCC4)n3)cc2)C(C)(C)C)cc1. The number of carbonyl (C=O) groups is 10. The molecule has 24 nitrogen and oxygen atoms in total. The summed E-state index contributed by atoms with van der Waals surface area (Å²) >= 11 is 1.54. The molecule has 2 saturated heterocycles. The third-order valence-electron chi connectivity index (χ3n) is 18.3. The molecule has 7 N–H and O–H groups in total. The number of aryl methyl sites for hydroxylation is 2. The van der Waals surface area contributed by atoms with Crippen LogP contribution >= 0.6 is 11.3 Å². The first-order chi connectivity index (χ1) is 46.1. The maximum Gasteiger partial charge on any atom is 0.253 e. The Labute approximate surface area is 563 Å². The number of hydrogen-bond acceptors (Lipinski definition) is 19. The molecule has 4 aliphatic rings. The average Bonchev–Trinajstić information content (AvgIpc) is 1.46. The van der Waals surface area contributed by atoms with E-state index in [0.29, 0.717) is 82.8 Å². The van der Waals surface area contributed by atoms with E-state index < -0.39 is 47.4 Å². The van der Waals surface area contributed by atoms with E-state index in [2.05, 4.69) is 46.1 Å². The number of rotatable bonds is 31. The van der Waals surface area contributed by atoms with Crippen molar-refractivity contribution in [1.82, 2.24) is 51.0 Å². The number of nitrogens with zero attached hydrogens (tertiary/aromatic N) is 7. The number of Topliss-reactive ketones (excluding diaryl/α,β-unsaturated/α-hetero) is 3. The van der Waals surface area contributed by atoms with Crippen molar-refractivity contribution in [1.29, 1.82) is 0 Å². The molecule has 510 valence electrons. The minimum absolute atomic E-state index is 0.000796. The van der Waals surface area contributed by atoms with Crippen LogP contribution in [0, 0.1) is 24.2 Å². The highest BCUT2D eigenvalue weighted by molar-refractivity contribution is 7.13. The van der Waals surface area contributed by atoms with Crippen LogP contribution in [-0.4, -0.2) is 164 Å². The number of benzene rings is 2. The number of aromatic nitrogens is 4. The van der Waals surface area contributed by atoms with E-state index in [0.717, 1.165) is 51.4 Å². The van der Waals surface area contributed by atoms with E-state index in [4.69, 9.17) is 10.5 Å². The molecule has 1 aliphatic carbocycles. The number of morpholine rings is 1. The number of carbonyl (C=O) groups excluding carboxylic acids is 10. The topological polar surface area (TPSA) is 336 Å². The molecule has 25 heteroatoms. The lowest BCUT2D eigenvalue weighted by Gasteiger charge is -2.35. The fourth-order valence-electron chi connectivity index (χ4n) is 12.6. The molecule has 6 heterocycles. The number of likely N-dealkylation sites (tertiary alicyclic amines) is 1. The summed E-state index contributed by atoms with van der Waals surface area (Å²) in [7, 11) is 0. The standard InChI is InChI=1S/C71H88N12O12S/c1-44-65(96-43-77-44)49-18-11-46(12-19-49)38-76-69(93)57-37-53(85)42-82(57)70(94)66(71(2,3)4)80-61(89)26-23-52(84)22-24-54(78-60(88)8-6-5-7-30-74-68(92)50-20-13-47(14-21-50)41-83-62(90)27-28-63(83)91)58(86)25-15-45-9-16-48(17-10-45)55-40-75-67(72)64(79-55)59(87)36-51-39-73-31-29-56(51)81-32-34-95-35-33-81/h9-12,16-19,27-29,31,39-40,43,47,50,53-54,57,66,85H,5-8,13-15,20-26,30,32-38,41-42H2,1-4H3,(H2,72,75)(H,74,92)(H,76,93)(H,78,88)(H,80,89)/t47?,50?,53-,54+,57+,66-/m1/s1. The lowest BCUT2D eigenvalue weighted by Crippen LogP contribution is -2.57. The number of nitrogen functional groups attached to an aromatic ring is 1. The Morgan fingerprint density at radius 1 is 0.771 bits per heavy atom. The van der Waals surface area contributed by atoms with Crippen LogP contribution < -0.4 is 31.9 Å². The molecule has 2 aromatic carbocycles. The van der Waals surface area contributed by atoms with E-state index in [-0.39, 0.29) is 135 Å². The van der Waals surface area contributed by atoms with Crippen LogP contribution in [0.15, 0.2) is 90.9 Å². The van der Waals surface area contributed by atoms with Crippen LogP contribution in [-0.2, 0) is 67.3 Å². The molecule has 7 amide bonds. The number of thiazole rings is 1. The molecule has 3 aromatic heterocycles. The number of hydrogen-bond donors (Lipinski definition) is 6. The number of nitrogens with two attached hydrogens (primary N) is 1. The van der Waals surface area contributed by atoms with Crippen LogP contribution in [0.2, 0.25) is 0 Å². The summed E-state index contributed by atoms with van der Waals surface area (Å²) in [6, 6.07) is 13.8. The van der Waals surface area contributed by atoms with Gasteiger partial charge in [0, 0.05) is 131 Å². The summed E-state index contributed by atoms with van der Waals surface area (Å²) in [4.78, 5) is 157. The highest BCUT2D eigenvalue weighted by Gasteiger charge is 2.45. The van der Waals surface area contributed by atoms with Gasteiger partial charge in [-0.1, -0.05) is 75.7 Å². The number of amides is 7. The van der Waals surface area contributed by atoms with Crippen molar-refractivity contribution in [2.75, 3.05) is 56.6 Å². The van der Waals surface area contributed by atoms with Crippen molar-refractivity contribution in [3.05, 3.63) is 119 Å². The molecule has 0 spiro atoms. The third-order valence-corrected chi connectivity index (χ3v) is 19.2. The van der Waals surface area contributed by atoms with Gasteiger partial charge in [-0.05, 0) is 92.4 Å². The van der Waals surface area contributed by atoms with Gasteiger partial charge in [-0.3, -0.25) is 57.8 Å². The van der Waals surface area contributed by atoms with Gasteiger partial charge >= 0.3 is 0 Å². The van der Waals surface area contributed by atoms with Crippen molar-refractivity contribution < 1.29 is 57.8 Å². The lowest BCUT2D eigenvalue weighted by molar-refractivity contribution is -0.144. The first kappa shape index (κ1) is 71.4. The number of pyridine rings is 1. The zero-order valence-electron chi connectivity index (χ0n) is 55.1. The normalized spacial score (nSPS) is 18.6. The van der Waals surface area contributed by atoms with Crippen molar-refractivity contribution >= 4 is 81.5 Å². The molecular formula is C71H88N12O12S. The maximum absolute atomic E-state index is 14.3. The first-order valence-corrected chi connectivity index (χ1v) is 34.2. The Hall–Kier alpha value is -8.94. The summed E-state index contributed by atoms with van der Waals surface area (Å²) in [5, 5.41) is 22.4. The number of ketones is 3. The van der Waals surface area contributed by atoms with Gasteiger partial charge in [0.25, 0.3) is 11.8 Å². The van der Waals surface area contributed by atoms with Crippen LogP contribution in [0.1, 0.15) is 144 Å². The van der Waals surface area contributed by atoms with Crippen LogP contribution in [0.3, 0.4) is 0 Å². The highest BCUT2D eigenvalue weighted by Crippen LogP contribution is 2.32. The molecule has 96 heavy (non-hydrogen) atoms. The fourth-order valence-corrected chi connectivity index (χ4v) is 13.5. The second kappa shape index (κ2) is 33.6. The van der Waals surface area contributed by atoms with Gasteiger partial charge in [0.05, 0.1) is 53.3 Å². The summed E-state index contributed by atoms with van der Waals surface area (Å²) in [5.41, 5.74) is 13.5. The van der Waals surface area contributed by atoms with E-state index in [1.165, 1.54) is 28.1 Å². The summed E-state index contributed by atoms with van der Waals surface area (Å²) in [6.45, 7) is 10.6. The zero-order valence-corrected chi connectivity index (χ0v) is 56.0. The number of anilines is 2. The second-order valence-corrected chi connectivity index (χ2v) is 27.3. The van der Waals surface area contributed by atoms with E-state index in [9.17, 15) is 53.1 Å². The molecule has 3 aliphatic heterocycles. The van der Waals surface area contributed by atoms with Gasteiger partial charge in [-0.2, -0.15) is 0 Å². The largest absolute Gasteiger partial charge is 0.391 e. The van der Waals surface area contributed by atoms with Gasteiger partial charge in [-0.15, -0.1) is 11.3 Å². The fraction of sp³-hybridized carbons (Fsp3) is 0.493. The average molecular weight is 1330 g/mol. The number of unbranched alkanes of at least 4 members (excludes halogenated alkanes) is 2. The molecule has 0 radical (unpaired) electrons. The number of imide groups is 1. The van der Waals surface area contributed by atoms with Crippen molar-refractivity contribution in [3.8, 4) is 21.7 Å². The quantitative estimate of drug-likeness (QED) is 0.0165. The molecule has 0 bridgehead atoms. The molecule has 5 aromatic rings. The molecular weight excluding hydrogens is 1240 g/mol. The number of aliphatic hydroxyl groups is 1. The van der Waals surface area contributed by atoms with Crippen molar-refractivity contribution in [2.45, 2.75) is 161 Å². The minimum atomic E-state index is -1.12. The monoisotopic (exact) mass is 1330 g/mol. The molecule has 3 fully saturated rings. The highest BCUT2D eigenvalue weighted by atomic mass is 32.1. The van der Waals surface area contributed by atoms with E-state index in [1.807, 2.05) is 49.4 Å². The lowest BCUT2D eigenvalue weighted by atomic mass is 9.81. The predicted molar refractivity (Wildman–Crippen MR) is 360 cm³/mol. The third kappa shape index (κ3) is 19.6. The Morgan fingerprint density at radius 2 is 1.47 bits per heavy atom. The summed E-state index contributed by atoms with van der Waals surface area (Å²) < 4.78 is 5.52. The molecule has 0 unspecified atom stereocenters. The predicted octanol–water partition coefficient (Wildman–Crippen LogP) is 6.15. The van der Waals surface area contributed by atoms with Gasteiger partial charge < -0.3 is 46.6 Å². The number of ether oxygens (including phenoxy) is 1. The van der Waals surface area contributed by atoms with Crippen LogP contribution in [0.25, 0.3) is 21.7 Å². The van der Waals surface area contributed by atoms with Crippen LogP contribution in [0.5, 0.6) is 0 Å². The number of aliphatic hydroxyl groups excluding tert-OH is 1. The second-order valence-electron chi connectivity index (χ2n) is 26.4. The molecule has 4 atom stereocenters. The summed E-state index contributed by atoms with van der Waals surface area (Å²) in [5.74, 6) is -3.56. The Balaban J connectivity index is 0.767. The Kier molecular flexibility index (Phi) is 25.0. The first-order valence-electron chi connectivity index (χ1n) is 33.3. The van der Waals surface area contributed by atoms with E-state index >= 15 is 0 Å². The smallest absolute Gasteiger partial charge is 0.253 e. The molecule has 1 saturated carbocycles. The zero-order chi connectivity index (χ0) is 68.5. The Bertz CT molecular complexity index is 3630. The number of nitrogens with one attached hydrogen (secondary N) is 4. The van der Waals surface area contributed by atoms with Gasteiger partial charge in [0.1, 0.15) is 23.6 Å². The van der Waals surface area contributed by atoms with Crippen molar-refractivity contribution in [2.24, 2.45) is 17.3 Å². The van der Waals surface area contributed by atoms with Gasteiger partial charge in [0.2, 0.25) is 29.5 Å². The van der Waals surface area contributed by atoms with Gasteiger partial charge in [-0.25, -0.2) is 15.0 Å². The van der Waals surface area contributed by atoms with Gasteiger partial charge in [0.15, 0.2) is 17.4 Å². The Morgan fingerprint density at radius 3 is 2.17 bits per heavy atom. The number of β-amino-alcohol motifs (C(OH)–C–C–N with tert-alkyl or cyclic N) is 1. The maximum atomic E-state index is 14.3. The van der Waals surface area contributed by atoms with E-state index in [1.54, 1.807) is 62.1 Å². The molecule has 9 rings (SSSR count). The summed E-state index contributed by atoms with van der Waals surface area (Å²) in [6.07, 6.45) is 10.7.